The average molecular weight is 210 g/mol. The van der Waals surface area contributed by atoms with Crippen molar-refractivity contribution in [2.75, 3.05) is 13.2 Å². The standard InChI is InChI=1S/C6H8F6O/c1-2-13-3-5(9,10)6(11,12)4(7)8/h4H,2-3H2,1H3. The summed E-state index contributed by atoms with van der Waals surface area (Å²) >= 11 is 0. The molecule has 0 spiro atoms. The molecule has 0 aromatic heterocycles. The molecule has 0 aliphatic rings. The van der Waals surface area contributed by atoms with Gasteiger partial charge in [-0.3, -0.25) is 0 Å². The maximum atomic E-state index is 12.3. The Bertz CT molecular complexity index is 157. The third kappa shape index (κ3) is 2.75. The van der Waals surface area contributed by atoms with Crippen molar-refractivity contribution in [3.8, 4) is 0 Å². The zero-order valence-corrected chi connectivity index (χ0v) is 6.67. The molecule has 0 radical (unpaired) electrons. The van der Waals surface area contributed by atoms with E-state index < -0.39 is 24.9 Å². The molecule has 0 atom stereocenters. The Morgan fingerprint density at radius 3 is 1.92 bits per heavy atom. The van der Waals surface area contributed by atoms with Crippen molar-refractivity contribution in [2.24, 2.45) is 0 Å². The van der Waals surface area contributed by atoms with Gasteiger partial charge < -0.3 is 4.74 Å². The summed E-state index contributed by atoms with van der Waals surface area (Å²) in [4.78, 5) is 0. The lowest BCUT2D eigenvalue weighted by atomic mass is 10.2. The van der Waals surface area contributed by atoms with E-state index in [-0.39, 0.29) is 6.61 Å². The number of halogens is 6. The summed E-state index contributed by atoms with van der Waals surface area (Å²) in [5, 5.41) is 0. The van der Waals surface area contributed by atoms with Crippen LogP contribution in [0, 0.1) is 0 Å². The summed E-state index contributed by atoms with van der Waals surface area (Å²) in [5.74, 6) is -10.2. The largest absolute Gasteiger partial charge is 0.375 e. The van der Waals surface area contributed by atoms with Gasteiger partial charge in [0.05, 0.1) is 0 Å². The van der Waals surface area contributed by atoms with E-state index in [9.17, 15) is 26.3 Å². The molecule has 0 bridgehead atoms. The number of ether oxygens (including phenoxy) is 1. The Kier molecular flexibility index (Phi) is 4.02. The van der Waals surface area contributed by atoms with Crippen molar-refractivity contribution < 1.29 is 31.1 Å². The van der Waals surface area contributed by atoms with E-state index in [1.54, 1.807) is 0 Å². The van der Waals surface area contributed by atoms with E-state index in [1.165, 1.54) is 6.92 Å². The molecule has 0 unspecified atom stereocenters. The van der Waals surface area contributed by atoms with Crippen LogP contribution < -0.4 is 0 Å². The highest BCUT2D eigenvalue weighted by Gasteiger charge is 2.62. The van der Waals surface area contributed by atoms with E-state index in [4.69, 9.17) is 0 Å². The minimum absolute atomic E-state index is 0.241. The molecule has 0 rings (SSSR count). The second kappa shape index (κ2) is 4.17. The van der Waals surface area contributed by atoms with Gasteiger partial charge in [0.2, 0.25) is 0 Å². The number of rotatable bonds is 5. The lowest BCUT2D eigenvalue weighted by Gasteiger charge is -2.25. The van der Waals surface area contributed by atoms with Gasteiger partial charge in [0, 0.05) is 6.61 Å². The molecule has 0 aromatic carbocycles. The second-order valence-electron chi connectivity index (χ2n) is 2.27. The van der Waals surface area contributed by atoms with Gasteiger partial charge in [-0.25, -0.2) is 8.78 Å². The Morgan fingerprint density at radius 2 is 1.62 bits per heavy atom. The molecular formula is C6H8F6O. The molecule has 1 nitrogen and oxygen atoms in total. The van der Waals surface area contributed by atoms with Crippen molar-refractivity contribution in [3.05, 3.63) is 0 Å². The van der Waals surface area contributed by atoms with Crippen LogP contribution >= 0.6 is 0 Å². The van der Waals surface area contributed by atoms with Crippen molar-refractivity contribution in [1.82, 2.24) is 0 Å². The molecular weight excluding hydrogens is 202 g/mol. The first-order valence-corrected chi connectivity index (χ1v) is 3.37. The fourth-order valence-corrected chi connectivity index (χ4v) is 0.486. The van der Waals surface area contributed by atoms with Crippen LogP contribution in [-0.4, -0.2) is 31.5 Å². The van der Waals surface area contributed by atoms with Crippen LogP contribution in [0.25, 0.3) is 0 Å². The Labute approximate surface area is 70.7 Å². The van der Waals surface area contributed by atoms with Crippen molar-refractivity contribution in [3.63, 3.8) is 0 Å². The molecule has 0 aromatic rings. The van der Waals surface area contributed by atoms with Crippen LogP contribution in [0.3, 0.4) is 0 Å². The predicted octanol–water partition coefficient (Wildman–Crippen LogP) is 2.56. The highest BCUT2D eigenvalue weighted by atomic mass is 19.3. The average Bonchev–Trinajstić information content (AvgIpc) is 2.00. The molecule has 0 aliphatic heterocycles. The van der Waals surface area contributed by atoms with Crippen LogP contribution in [-0.2, 0) is 4.74 Å². The van der Waals surface area contributed by atoms with E-state index >= 15 is 0 Å². The van der Waals surface area contributed by atoms with Gasteiger partial charge in [-0.2, -0.15) is 17.6 Å². The summed E-state index contributed by atoms with van der Waals surface area (Å²) in [6, 6.07) is 0. The van der Waals surface area contributed by atoms with Crippen molar-refractivity contribution in [1.29, 1.82) is 0 Å². The fraction of sp³-hybridized carbons (Fsp3) is 1.00. The van der Waals surface area contributed by atoms with Crippen LogP contribution in [0.5, 0.6) is 0 Å². The molecule has 0 saturated heterocycles. The van der Waals surface area contributed by atoms with Gasteiger partial charge in [0.15, 0.2) is 0 Å². The summed E-state index contributed by atoms with van der Waals surface area (Å²) in [5.41, 5.74) is 0. The minimum atomic E-state index is -5.35. The monoisotopic (exact) mass is 210 g/mol. The van der Waals surface area contributed by atoms with E-state index in [0.717, 1.165) is 0 Å². The van der Waals surface area contributed by atoms with Gasteiger partial charge in [0.1, 0.15) is 6.61 Å². The normalized spacial score (nSPS) is 13.8. The maximum Gasteiger partial charge on any atom is 0.371 e. The van der Waals surface area contributed by atoms with Crippen LogP contribution in [0.15, 0.2) is 0 Å². The van der Waals surface area contributed by atoms with Crippen LogP contribution in [0.1, 0.15) is 6.92 Å². The zero-order chi connectivity index (χ0) is 10.7. The van der Waals surface area contributed by atoms with Gasteiger partial charge in [-0.1, -0.05) is 0 Å². The van der Waals surface area contributed by atoms with Crippen molar-refractivity contribution in [2.45, 2.75) is 25.2 Å². The van der Waals surface area contributed by atoms with E-state index in [0.29, 0.717) is 0 Å². The third-order valence-electron chi connectivity index (χ3n) is 1.25. The molecule has 0 amide bonds. The van der Waals surface area contributed by atoms with Gasteiger partial charge in [0.25, 0.3) is 0 Å². The third-order valence-corrected chi connectivity index (χ3v) is 1.25. The second-order valence-corrected chi connectivity index (χ2v) is 2.27. The smallest absolute Gasteiger partial charge is 0.371 e. The highest BCUT2D eigenvalue weighted by molar-refractivity contribution is 4.86. The summed E-state index contributed by atoms with van der Waals surface area (Å²) in [7, 11) is 0. The topological polar surface area (TPSA) is 9.23 Å². The highest BCUT2D eigenvalue weighted by Crippen LogP contribution is 2.39. The first-order chi connectivity index (χ1) is 5.75. The van der Waals surface area contributed by atoms with Crippen molar-refractivity contribution >= 4 is 0 Å². The number of hydrogen-bond donors (Lipinski definition) is 0. The zero-order valence-electron chi connectivity index (χ0n) is 6.67. The predicted molar refractivity (Wildman–Crippen MR) is 32.4 cm³/mol. The van der Waals surface area contributed by atoms with E-state index in [2.05, 4.69) is 4.74 Å². The molecule has 13 heavy (non-hydrogen) atoms. The molecule has 80 valence electrons. The SMILES string of the molecule is CCOCC(F)(F)C(F)(F)C(F)F. The maximum absolute atomic E-state index is 12.3. The summed E-state index contributed by atoms with van der Waals surface area (Å²) in [6.07, 6.45) is -4.40. The van der Waals surface area contributed by atoms with Gasteiger partial charge in [-0.05, 0) is 6.92 Å². The van der Waals surface area contributed by atoms with Gasteiger partial charge >= 0.3 is 18.3 Å². The first-order valence-electron chi connectivity index (χ1n) is 3.37. The van der Waals surface area contributed by atoms with Crippen LogP contribution in [0.2, 0.25) is 0 Å². The van der Waals surface area contributed by atoms with Crippen LogP contribution in [0.4, 0.5) is 26.3 Å². The number of hydrogen-bond acceptors (Lipinski definition) is 1. The Balaban J connectivity index is 4.41. The lowest BCUT2D eigenvalue weighted by molar-refractivity contribution is -0.278. The fourth-order valence-electron chi connectivity index (χ4n) is 0.486. The molecule has 0 fully saturated rings. The first kappa shape index (κ1) is 12.5. The Hall–Kier alpha value is -0.460. The quantitative estimate of drug-likeness (QED) is 0.633. The summed E-state index contributed by atoms with van der Waals surface area (Å²) in [6.45, 7) is -0.660. The minimum Gasteiger partial charge on any atom is -0.375 e. The molecule has 0 N–H and O–H groups in total. The Morgan fingerprint density at radius 1 is 1.15 bits per heavy atom. The molecule has 0 saturated carbocycles. The number of alkyl halides is 6. The molecule has 0 aliphatic carbocycles. The van der Waals surface area contributed by atoms with Gasteiger partial charge in [-0.15, -0.1) is 0 Å². The molecule has 7 heteroatoms. The lowest BCUT2D eigenvalue weighted by Crippen LogP contribution is -2.49. The summed E-state index contributed by atoms with van der Waals surface area (Å²) < 4.78 is 75.6. The molecule has 0 heterocycles. The van der Waals surface area contributed by atoms with E-state index in [1.807, 2.05) is 0 Å².